The van der Waals surface area contributed by atoms with Crippen LogP contribution in [0.15, 0.2) is 28.9 Å². The van der Waals surface area contributed by atoms with Crippen molar-refractivity contribution in [3.8, 4) is 0 Å². The molecule has 0 saturated heterocycles. The second-order valence-corrected chi connectivity index (χ2v) is 3.79. The average molecular weight is 235 g/mol. The SMILES string of the molecule is C=N/C(C)=C(\NCNC)c1ccc(F)c(C)c1. The van der Waals surface area contributed by atoms with Crippen molar-refractivity contribution in [3.63, 3.8) is 0 Å². The first-order valence-electron chi connectivity index (χ1n) is 5.42. The molecule has 2 N–H and O–H groups in total. The van der Waals surface area contributed by atoms with E-state index in [0.29, 0.717) is 12.2 Å². The second kappa shape index (κ2) is 6.15. The van der Waals surface area contributed by atoms with Crippen molar-refractivity contribution < 1.29 is 4.39 Å². The van der Waals surface area contributed by atoms with Crippen LogP contribution in [-0.2, 0) is 0 Å². The number of rotatable bonds is 5. The number of allylic oxidation sites excluding steroid dienone is 1. The minimum absolute atomic E-state index is 0.203. The summed E-state index contributed by atoms with van der Waals surface area (Å²) in [6.07, 6.45) is 0. The molecule has 0 bridgehead atoms. The highest BCUT2D eigenvalue weighted by Crippen LogP contribution is 2.19. The molecule has 0 heterocycles. The molecule has 0 atom stereocenters. The van der Waals surface area contributed by atoms with Crippen LogP contribution in [0, 0.1) is 12.7 Å². The minimum atomic E-state index is -0.203. The van der Waals surface area contributed by atoms with Crippen LogP contribution >= 0.6 is 0 Å². The number of benzene rings is 1. The van der Waals surface area contributed by atoms with Crippen LogP contribution in [-0.4, -0.2) is 20.4 Å². The first-order valence-corrected chi connectivity index (χ1v) is 5.42. The predicted molar refractivity (Wildman–Crippen MR) is 70.3 cm³/mol. The van der Waals surface area contributed by atoms with Gasteiger partial charge in [-0.2, -0.15) is 0 Å². The van der Waals surface area contributed by atoms with Crippen LogP contribution in [0.4, 0.5) is 4.39 Å². The second-order valence-electron chi connectivity index (χ2n) is 3.79. The molecule has 1 rings (SSSR count). The summed E-state index contributed by atoms with van der Waals surface area (Å²) in [4.78, 5) is 3.92. The van der Waals surface area contributed by atoms with Crippen LogP contribution < -0.4 is 10.6 Å². The third kappa shape index (κ3) is 3.39. The molecular formula is C13H18FN3. The maximum Gasteiger partial charge on any atom is 0.126 e. The van der Waals surface area contributed by atoms with E-state index in [1.54, 1.807) is 19.1 Å². The number of halogens is 1. The monoisotopic (exact) mass is 235 g/mol. The molecule has 17 heavy (non-hydrogen) atoms. The zero-order valence-electron chi connectivity index (χ0n) is 10.5. The van der Waals surface area contributed by atoms with Crippen LogP contribution in [0.3, 0.4) is 0 Å². The molecule has 3 nitrogen and oxygen atoms in total. The Morgan fingerprint density at radius 1 is 1.47 bits per heavy atom. The molecule has 0 aliphatic heterocycles. The predicted octanol–water partition coefficient (Wildman–Crippen LogP) is 2.29. The van der Waals surface area contributed by atoms with Gasteiger partial charge in [-0.1, -0.05) is 0 Å². The summed E-state index contributed by atoms with van der Waals surface area (Å²) >= 11 is 0. The lowest BCUT2D eigenvalue weighted by Gasteiger charge is -2.13. The zero-order chi connectivity index (χ0) is 12.8. The Labute approximate surface area is 101 Å². The summed E-state index contributed by atoms with van der Waals surface area (Å²) in [5, 5.41) is 6.19. The van der Waals surface area contributed by atoms with E-state index in [1.165, 1.54) is 6.07 Å². The largest absolute Gasteiger partial charge is 0.371 e. The van der Waals surface area contributed by atoms with E-state index in [1.807, 2.05) is 14.0 Å². The maximum atomic E-state index is 13.2. The van der Waals surface area contributed by atoms with Gasteiger partial charge in [0.1, 0.15) is 5.82 Å². The highest BCUT2D eigenvalue weighted by atomic mass is 19.1. The van der Waals surface area contributed by atoms with E-state index in [4.69, 9.17) is 0 Å². The van der Waals surface area contributed by atoms with Gasteiger partial charge in [-0.15, -0.1) is 0 Å². The molecule has 0 spiro atoms. The average Bonchev–Trinajstić information content (AvgIpc) is 2.33. The van der Waals surface area contributed by atoms with E-state index in [-0.39, 0.29) is 5.82 Å². The van der Waals surface area contributed by atoms with Crippen molar-refractivity contribution in [2.75, 3.05) is 13.7 Å². The number of hydrogen-bond donors (Lipinski definition) is 2. The van der Waals surface area contributed by atoms with Crippen molar-refractivity contribution in [2.45, 2.75) is 13.8 Å². The smallest absolute Gasteiger partial charge is 0.126 e. The summed E-state index contributed by atoms with van der Waals surface area (Å²) in [5.41, 5.74) is 3.16. The van der Waals surface area contributed by atoms with Gasteiger partial charge in [0.2, 0.25) is 0 Å². The topological polar surface area (TPSA) is 36.4 Å². The molecule has 0 unspecified atom stereocenters. The van der Waals surface area contributed by atoms with E-state index >= 15 is 0 Å². The number of hydrogen-bond acceptors (Lipinski definition) is 3. The molecule has 0 radical (unpaired) electrons. The van der Waals surface area contributed by atoms with Gasteiger partial charge in [-0.05, 0) is 56.9 Å². The Morgan fingerprint density at radius 3 is 2.71 bits per heavy atom. The Bertz CT molecular complexity index is 438. The normalized spacial score (nSPS) is 12.0. The van der Waals surface area contributed by atoms with Crippen LogP contribution in [0.5, 0.6) is 0 Å². The van der Waals surface area contributed by atoms with E-state index in [2.05, 4.69) is 22.3 Å². The Hall–Kier alpha value is -1.68. The highest BCUT2D eigenvalue weighted by molar-refractivity contribution is 5.67. The molecule has 0 fully saturated rings. The number of nitrogens with one attached hydrogen (secondary N) is 2. The third-order valence-electron chi connectivity index (χ3n) is 2.49. The molecule has 1 aromatic carbocycles. The van der Waals surface area contributed by atoms with Gasteiger partial charge >= 0.3 is 0 Å². The third-order valence-corrected chi connectivity index (χ3v) is 2.49. The van der Waals surface area contributed by atoms with Gasteiger partial charge in [-0.25, -0.2) is 4.39 Å². The summed E-state index contributed by atoms with van der Waals surface area (Å²) in [6, 6.07) is 4.99. The van der Waals surface area contributed by atoms with Crippen LogP contribution in [0.25, 0.3) is 5.70 Å². The van der Waals surface area contributed by atoms with Crippen molar-refractivity contribution in [2.24, 2.45) is 4.99 Å². The van der Waals surface area contributed by atoms with E-state index < -0.39 is 0 Å². The lowest BCUT2D eigenvalue weighted by atomic mass is 10.1. The minimum Gasteiger partial charge on any atom is -0.371 e. The highest BCUT2D eigenvalue weighted by Gasteiger charge is 2.06. The fourth-order valence-corrected chi connectivity index (χ4v) is 1.49. The first-order chi connectivity index (χ1) is 8.10. The van der Waals surface area contributed by atoms with Gasteiger partial charge in [0.25, 0.3) is 0 Å². The molecule has 0 amide bonds. The lowest BCUT2D eigenvalue weighted by molar-refractivity contribution is 0.618. The molecule has 0 aliphatic rings. The fourth-order valence-electron chi connectivity index (χ4n) is 1.49. The van der Waals surface area contributed by atoms with Crippen LogP contribution in [0.2, 0.25) is 0 Å². The van der Waals surface area contributed by atoms with E-state index in [9.17, 15) is 4.39 Å². The zero-order valence-corrected chi connectivity index (χ0v) is 10.5. The summed E-state index contributed by atoms with van der Waals surface area (Å²) in [5.74, 6) is -0.203. The number of aliphatic imine (C=N–C) groups is 1. The summed E-state index contributed by atoms with van der Waals surface area (Å²) in [7, 11) is 1.84. The van der Waals surface area contributed by atoms with Crippen molar-refractivity contribution in [3.05, 3.63) is 40.8 Å². The molecule has 1 aromatic rings. The van der Waals surface area contributed by atoms with Gasteiger partial charge < -0.3 is 10.6 Å². The molecule has 0 saturated carbocycles. The Morgan fingerprint density at radius 2 is 2.18 bits per heavy atom. The van der Waals surface area contributed by atoms with Gasteiger partial charge in [0, 0.05) is 0 Å². The van der Waals surface area contributed by atoms with Crippen LogP contribution in [0.1, 0.15) is 18.1 Å². The fraction of sp³-hybridized carbons (Fsp3) is 0.308. The Balaban J connectivity index is 3.13. The quantitative estimate of drug-likeness (QED) is 0.607. The van der Waals surface area contributed by atoms with Gasteiger partial charge in [0.15, 0.2) is 0 Å². The first kappa shape index (κ1) is 13.4. The molecule has 0 aromatic heterocycles. The lowest BCUT2D eigenvalue weighted by Crippen LogP contribution is -2.25. The standard InChI is InChI=1S/C13H18FN3/c1-9-7-11(5-6-12(9)14)13(10(2)16-4)17-8-15-3/h5-7,15,17H,4,8H2,1-3H3/b13-10-. The molecule has 0 aliphatic carbocycles. The maximum absolute atomic E-state index is 13.2. The summed E-state index contributed by atoms with van der Waals surface area (Å²) < 4.78 is 13.2. The number of aryl methyl sites for hydroxylation is 1. The molecule has 4 heteroatoms. The molecular weight excluding hydrogens is 217 g/mol. The number of nitrogens with zero attached hydrogens (tertiary/aromatic N) is 1. The molecule has 92 valence electrons. The van der Waals surface area contributed by atoms with E-state index in [0.717, 1.165) is 17.0 Å². The van der Waals surface area contributed by atoms with Crippen molar-refractivity contribution in [1.82, 2.24) is 10.6 Å². The van der Waals surface area contributed by atoms with Crippen molar-refractivity contribution >= 4 is 12.4 Å². The van der Waals surface area contributed by atoms with Gasteiger partial charge in [-0.3, -0.25) is 4.99 Å². The summed E-state index contributed by atoms with van der Waals surface area (Å²) in [6.45, 7) is 7.73. The van der Waals surface area contributed by atoms with Gasteiger partial charge in [0.05, 0.1) is 18.1 Å². The van der Waals surface area contributed by atoms with Crippen molar-refractivity contribution in [1.29, 1.82) is 0 Å². The Kier molecular flexibility index (Phi) is 4.84.